The summed E-state index contributed by atoms with van der Waals surface area (Å²) >= 11 is 0. The third kappa shape index (κ3) is 2.89. The van der Waals surface area contributed by atoms with Gasteiger partial charge in [-0.2, -0.15) is 0 Å². The Morgan fingerprint density at radius 2 is 1.91 bits per heavy atom. The van der Waals surface area contributed by atoms with Crippen molar-refractivity contribution in [3.63, 3.8) is 0 Å². The van der Waals surface area contributed by atoms with Gasteiger partial charge in [-0.25, -0.2) is 0 Å². The summed E-state index contributed by atoms with van der Waals surface area (Å²) in [7, 11) is 0. The zero-order chi connectivity index (χ0) is 8.27. The summed E-state index contributed by atoms with van der Waals surface area (Å²) in [6.07, 6.45) is 4.31. The molecular weight excluding hydrogens is 142 g/mol. The van der Waals surface area contributed by atoms with Crippen molar-refractivity contribution in [2.75, 3.05) is 0 Å². The molecule has 0 bridgehead atoms. The second-order valence-corrected chi connectivity index (χ2v) is 3.38. The van der Waals surface area contributed by atoms with Crippen molar-refractivity contribution in [1.29, 1.82) is 0 Å². The fraction of sp³-hybridized carbons (Fsp3) is 0.875. The van der Waals surface area contributed by atoms with Crippen LogP contribution in [-0.2, 0) is 4.79 Å². The van der Waals surface area contributed by atoms with Crippen LogP contribution >= 0.6 is 0 Å². The van der Waals surface area contributed by atoms with Gasteiger partial charge in [0.15, 0.2) is 0 Å². The van der Waals surface area contributed by atoms with E-state index in [4.69, 9.17) is 10.8 Å². The Balaban J connectivity index is 2.22. The minimum absolute atomic E-state index is 0.319. The molecule has 1 aliphatic rings. The number of carbonyl (C=O) groups is 1. The molecule has 11 heavy (non-hydrogen) atoms. The number of nitrogens with two attached hydrogens (primary N) is 1. The van der Waals surface area contributed by atoms with E-state index in [0.29, 0.717) is 18.4 Å². The lowest BCUT2D eigenvalue weighted by molar-refractivity contribution is -0.138. The van der Waals surface area contributed by atoms with Crippen LogP contribution in [0.15, 0.2) is 0 Å². The maximum Gasteiger partial charge on any atom is 0.303 e. The zero-order valence-corrected chi connectivity index (χ0v) is 6.62. The van der Waals surface area contributed by atoms with Crippen LogP contribution in [0.25, 0.3) is 0 Å². The Labute approximate surface area is 66.6 Å². The number of aliphatic carboxylic acids is 1. The Morgan fingerprint density at radius 3 is 2.36 bits per heavy atom. The molecule has 64 valence electrons. The van der Waals surface area contributed by atoms with Gasteiger partial charge in [0.05, 0.1) is 0 Å². The van der Waals surface area contributed by atoms with Gasteiger partial charge in [0.2, 0.25) is 0 Å². The van der Waals surface area contributed by atoms with Gasteiger partial charge in [0.25, 0.3) is 0 Å². The first-order valence-corrected chi connectivity index (χ1v) is 4.16. The van der Waals surface area contributed by atoms with Crippen LogP contribution in [-0.4, -0.2) is 17.1 Å². The van der Waals surface area contributed by atoms with E-state index < -0.39 is 5.97 Å². The van der Waals surface area contributed by atoms with Crippen molar-refractivity contribution in [2.24, 2.45) is 11.7 Å². The van der Waals surface area contributed by atoms with Crippen molar-refractivity contribution in [3.05, 3.63) is 0 Å². The highest BCUT2D eigenvalue weighted by molar-refractivity contribution is 5.67. The Hall–Kier alpha value is -0.570. The lowest BCUT2D eigenvalue weighted by Crippen LogP contribution is -2.27. The highest BCUT2D eigenvalue weighted by atomic mass is 16.4. The molecule has 1 aliphatic carbocycles. The minimum Gasteiger partial charge on any atom is -0.481 e. The second-order valence-electron chi connectivity index (χ2n) is 3.38. The highest BCUT2D eigenvalue weighted by Gasteiger charge is 2.20. The first-order valence-electron chi connectivity index (χ1n) is 4.16. The minimum atomic E-state index is -0.675. The van der Waals surface area contributed by atoms with E-state index in [1.807, 2.05) is 0 Å². The van der Waals surface area contributed by atoms with Gasteiger partial charge in [0, 0.05) is 12.5 Å². The number of carboxylic acid groups (broad SMARTS) is 1. The summed E-state index contributed by atoms with van der Waals surface area (Å²) in [5, 5.41) is 8.50. The smallest absolute Gasteiger partial charge is 0.303 e. The molecule has 0 radical (unpaired) electrons. The molecule has 0 aliphatic heterocycles. The van der Waals surface area contributed by atoms with Gasteiger partial charge in [-0.15, -0.1) is 0 Å². The second kappa shape index (κ2) is 3.72. The third-order valence-corrected chi connectivity index (χ3v) is 2.35. The fourth-order valence-corrected chi connectivity index (χ4v) is 1.64. The van der Waals surface area contributed by atoms with Crippen LogP contribution in [0, 0.1) is 5.92 Å². The zero-order valence-electron chi connectivity index (χ0n) is 6.62. The molecule has 0 aromatic heterocycles. The topological polar surface area (TPSA) is 63.3 Å². The lowest BCUT2D eigenvalue weighted by atomic mass is 9.84. The van der Waals surface area contributed by atoms with E-state index in [9.17, 15) is 4.79 Å². The molecule has 3 nitrogen and oxygen atoms in total. The van der Waals surface area contributed by atoms with Crippen molar-refractivity contribution in [3.8, 4) is 0 Å². The van der Waals surface area contributed by atoms with Gasteiger partial charge in [-0.3, -0.25) is 4.79 Å². The van der Waals surface area contributed by atoms with Crippen molar-refractivity contribution >= 4 is 5.97 Å². The van der Waals surface area contributed by atoms with E-state index in [-0.39, 0.29) is 0 Å². The maximum atomic E-state index is 10.3. The van der Waals surface area contributed by atoms with Crippen LogP contribution in [0.2, 0.25) is 0 Å². The number of hydrogen-bond donors (Lipinski definition) is 2. The SMILES string of the molecule is NC1CCC(CC(=O)O)CC1. The number of hydrogen-bond acceptors (Lipinski definition) is 2. The number of rotatable bonds is 2. The van der Waals surface area contributed by atoms with E-state index in [2.05, 4.69) is 0 Å². The van der Waals surface area contributed by atoms with Crippen LogP contribution < -0.4 is 5.73 Å². The molecule has 0 saturated heterocycles. The molecule has 0 aromatic rings. The molecule has 3 heteroatoms. The van der Waals surface area contributed by atoms with Crippen molar-refractivity contribution < 1.29 is 9.90 Å². The van der Waals surface area contributed by atoms with Crippen LogP contribution in [0.3, 0.4) is 0 Å². The molecule has 0 unspecified atom stereocenters. The molecule has 0 spiro atoms. The highest BCUT2D eigenvalue weighted by Crippen LogP contribution is 2.25. The van der Waals surface area contributed by atoms with Gasteiger partial charge >= 0.3 is 5.97 Å². The van der Waals surface area contributed by atoms with Crippen molar-refractivity contribution in [1.82, 2.24) is 0 Å². The average Bonchev–Trinajstić information content (AvgIpc) is 1.93. The predicted octanol–water partition coefficient (Wildman–Crippen LogP) is 0.979. The normalized spacial score (nSPS) is 31.7. The average molecular weight is 157 g/mol. The fourth-order valence-electron chi connectivity index (χ4n) is 1.64. The summed E-state index contributed by atoms with van der Waals surface area (Å²) in [6, 6.07) is 0.319. The molecule has 3 N–H and O–H groups in total. The van der Waals surface area contributed by atoms with E-state index in [1.54, 1.807) is 0 Å². The lowest BCUT2D eigenvalue weighted by Gasteiger charge is -2.24. The standard InChI is InChI=1S/C8H15NO2/c9-7-3-1-6(2-4-7)5-8(10)11/h6-7H,1-5,9H2,(H,10,11). The molecule has 0 atom stereocenters. The largest absolute Gasteiger partial charge is 0.481 e. The Kier molecular flexibility index (Phi) is 2.88. The summed E-state index contributed by atoms with van der Waals surface area (Å²) in [5.74, 6) is -0.294. The van der Waals surface area contributed by atoms with Gasteiger partial charge in [-0.1, -0.05) is 0 Å². The molecule has 0 heterocycles. The summed E-state index contributed by atoms with van der Waals surface area (Å²) < 4.78 is 0. The summed E-state index contributed by atoms with van der Waals surface area (Å²) in [6.45, 7) is 0. The van der Waals surface area contributed by atoms with E-state index in [0.717, 1.165) is 25.7 Å². The Morgan fingerprint density at radius 1 is 1.36 bits per heavy atom. The first kappa shape index (κ1) is 8.53. The van der Waals surface area contributed by atoms with Crippen LogP contribution in [0.1, 0.15) is 32.1 Å². The summed E-state index contributed by atoms with van der Waals surface area (Å²) in [4.78, 5) is 10.3. The molecule has 1 saturated carbocycles. The quantitative estimate of drug-likeness (QED) is 0.628. The van der Waals surface area contributed by atoms with E-state index >= 15 is 0 Å². The van der Waals surface area contributed by atoms with Gasteiger partial charge < -0.3 is 10.8 Å². The predicted molar refractivity (Wildman–Crippen MR) is 42.2 cm³/mol. The van der Waals surface area contributed by atoms with Crippen molar-refractivity contribution in [2.45, 2.75) is 38.1 Å². The van der Waals surface area contributed by atoms with Gasteiger partial charge in [0.1, 0.15) is 0 Å². The molecule has 1 fully saturated rings. The van der Waals surface area contributed by atoms with Crippen LogP contribution in [0.4, 0.5) is 0 Å². The first-order chi connectivity index (χ1) is 5.18. The molecular formula is C8H15NO2. The monoisotopic (exact) mass is 157 g/mol. The molecule has 1 rings (SSSR count). The third-order valence-electron chi connectivity index (χ3n) is 2.35. The Bertz CT molecular complexity index is 139. The van der Waals surface area contributed by atoms with Crippen LogP contribution in [0.5, 0.6) is 0 Å². The molecule has 0 aromatic carbocycles. The van der Waals surface area contributed by atoms with E-state index in [1.165, 1.54) is 0 Å². The maximum absolute atomic E-state index is 10.3. The van der Waals surface area contributed by atoms with Gasteiger partial charge in [-0.05, 0) is 31.6 Å². The summed E-state index contributed by atoms with van der Waals surface area (Å²) in [5.41, 5.74) is 5.68. The molecule has 0 amide bonds. The number of carboxylic acids is 1.